The number of aromatic nitrogens is 3. The summed E-state index contributed by atoms with van der Waals surface area (Å²) in [6.45, 7) is 0. The van der Waals surface area contributed by atoms with Crippen LogP contribution in [0.15, 0.2) is 36.7 Å². The smallest absolute Gasteiger partial charge is 0.199 e. The highest BCUT2D eigenvalue weighted by atomic mass is 16.5. The van der Waals surface area contributed by atoms with Crippen LogP contribution in [0.2, 0.25) is 0 Å². The first-order valence-electron chi connectivity index (χ1n) is 4.27. The number of nitrogens with zero attached hydrogens (tertiary/aromatic N) is 3. The maximum absolute atomic E-state index is 9.57. The van der Waals surface area contributed by atoms with E-state index in [0.29, 0.717) is 5.82 Å². The Morgan fingerprint density at radius 1 is 1.21 bits per heavy atom. The van der Waals surface area contributed by atoms with Crippen molar-refractivity contribution in [1.29, 1.82) is 0 Å². The fourth-order valence-corrected chi connectivity index (χ4v) is 1.66. The van der Waals surface area contributed by atoms with E-state index in [4.69, 9.17) is 0 Å². The second kappa shape index (κ2) is 2.45. The molecule has 1 aromatic rings. The van der Waals surface area contributed by atoms with Crippen LogP contribution in [0.5, 0.6) is 0 Å². The molecule has 68 valence electrons. The SMILES string of the molecule is On1cc2ccccc2c2cnnc1-2. The zero-order valence-electron chi connectivity index (χ0n) is 7.25. The van der Waals surface area contributed by atoms with E-state index in [1.165, 1.54) is 0 Å². The van der Waals surface area contributed by atoms with Gasteiger partial charge in [-0.05, 0) is 5.39 Å². The van der Waals surface area contributed by atoms with Gasteiger partial charge >= 0.3 is 0 Å². The van der Waals surface area contributed by atoms with Gasteiger partial charge in [0.25, 0.3) is 0 Å². The lowest BCUT2D eigenvalue weighted by atomic mass is 10.1. The minimum atomic E-state index is 0.490. The first-order chi connectivity index (χ1) is 6.86. The van der Waals surface area contributed by atoms with Gasteiger partial charge in [0, 0.05) is 5.39 Å². The lowest BCUT2D eigenvalue weighted by Gasteiger charge is -2.06. The molecular weight excluding hydrogens is 178 g/mol. The van der Waals surface area contributed by atoms with Crippen LogP contribution in [0.25, 0.3) is 22.2 Å². The number of hydrogen-bond acceptors (Lipinski definition) is 3. The monoisotopic (exact) mass is 185 g/mol. The second-order valence-electron chi connectivity index (χ2n) is 3.14. The molecule has 0 radical (unpaired) electrons. The van der Waals surface area contributed by atoms with Crippen molar-refractivity contribution < 1.29 is 5.21 Å². The van der Waals surface area contributed by atoms with E-state index in [1.807, 2.05) is 24.3 Å². The summed E-state index contributed by atoms with van der Waals surface area (Å²) < 4.78 is 1.00. The van der Waals surface area contributed by atoms with Crippen LogP contribution in [0.4, 0.5) is 0 Å². The fourth-order valence-electron chi connectivity index (χ4n) is 1.66. The van der Waals surface area contributed by atoms with E-state index in [2.05, 4.69) is 10.2 Å². The van der Waals surface area contributed by atoms with Crippen LogP contribution in [0, 0.1) is 0 Å². The topological polar surface area (TPSA) is 50.9 Å². The number of rotatable bonds is 0. The number of fused-ring (bicyclic) bond motifs is 3. The Kier molecular flexibility index (Phi) is 1.28. The number of hydrogen-bond donors (Lipinski definition) is 1. The summed E-state index contributed by atoms with van der Waals surface area (Å²) in [5, 5.41) is 19.2. The minimum Gasteiger partial charge on any atom is -0.427 e. The molecule has 0 spiro atoms. The maximum Gasteiger partial charge on any atom is 0.199 e. The lowest BCUT2D eigenvalue weighted by Crippen LogP contribution is -1.98. The summed E-state index contributed by atoms with van der Waals surface area (Å²) in [4.78, 5) is 0. The molecule has 1 aromatic carbocycles. The zero-order chi connectivity index (χ0) is 9.54. The Bertz CT molecular complexity index is 573. The van der Waals surface area contributed by atoms with Gasteiger partial charge in [0.05, 0.1) is 18.0 Å². The van der Waals surface area contributed by atoms with Gasteiger partial charge in [-0.2, -0.15) is 9.83 Å². The highest BCUT2D eigenvalue weighted by Crippen LogP contribution is 2.27. The molecule has 4 nitrogen and oxygen atoms in total. The summed E-state index contributed by atoms with van der Waals surface area (Å²) in [5.41, 5.74) is 0.866. The molecule has 4 heteroatoms. The minimum absolute atomic E-state index is 0.490. The molecule has 0 saturated carbocycles. The van der Waals surface area contributed by atoms with Gasteiger partial charge in [0.1, 0.15) is 0 Å². The van der Waals surface area contributed by atoms with Crippen LogP contribution >= 0.6 is 0 Å². The molecule has 2 aliphatic rings. The van der Waals surface area contributed by atoms with E-state index < -0.39 is 0 Å². The quantitative estimate of drug-likeness (QED) is 0.543. The van der Waals surface area contributed by atoms with E-state index in [1.54, 1.807) is 12.4 Å². The van der Waals surface area contributed by atoms with E-state index >= 15 is 0 Å². The lowest BCUT2D eigenvalue weighted by molar-refractivity contribution is 0.188. The average Bonchev–Trinajstić information content (AvgIpc) is 2.67. The zero-order valence-corrected chi connectivity index (χ0v) is 7.25. The Morgan fingerprint density at radius 3 is 3.00 bits per heavy atom. The van der Waals surface area contributed by atoms with Gasteiger partial charge < -0.3 is 5.21 Å². The number of pyridine rings is 1. The van der Waals surface area contributed by atoms with E-state index in [9.17, 15) is 5.21 Å². The standard InChI is InChI=1S/C10H7N3O/c14-13-6-7-3-1-2-4-8(7)9-5-11-12-10(9)13/h1-6,14H. The van der Waals surface area contributed by atoms with Crippen molar-refractivity contribution in [3.63, 3.8) is 0 Å². The number of benzene rings is 1. The molecular formula is C10H7N3O. The van der Waals surface area contributed by atoms with Gasteiger partial charge in [0.15, 0.2) is 5.82 Å². The van der Waals surface area contributed by atoms with Crippen molar-refractivity contribution in [2.45, 2.75) is 0 Å². The highest BCUT2D eigenvalue weighted by Gasteiger charge is 2.13. The third-order valence-corrected chi connectivity index (χ3v) is 2.31. The first kappa shape index (κ1) is 7.32. The summed E-state index contributed by atoms with van der Waals surface area (Å²) in [7, 11) is 0. The summed E-state index contributed by atoms with van der Waals surface area (Å²) in [6.07, 6.45) is 3.29. The van der Waals surface area contributed by atoms with Crippen molar-refractivity contribution in [2.24, 2.45) is 0 Å². The van der Waals surface area contributed by atoms with Crippen molar-refractivity contribution in [1.82, 2.24) is 14.9 Å². The second-order valence-corrected chi connectivity index (χ2v) is 3.14. The van der Waals surface area contributed by atoms with Crippen molar-refractivity contribution >= 4 is 10.8 Å². The highest BCUT2D eigenvalue weighted by molar-refractivity contribution is 5.95. The van der Waals surface area contributed by atoms with Crippen LogP contribution in [-0.2, 0) is 0 Å². The van der Waals surface area contributed by atoms with Gasteiger partial charge in [-0.3, -0.25) is 0 Å². The molecule has 1 N–H and O–H groups in total. The Labute approximate surface area is 79.7 Å². The Balaban J connectivity index is 2.58. The fraction of sp³-hybridized carbons (Fsp3) is 0. The van der Waals surface area contributed by atoms with Gasteiger partial charge in [-0.15, -0.1) is 5.10 Å². The third kappa shape index (κ3) is 0.821. The maximum atomic E-state index is 9.57. The summed E-state index contributed by atoms with van der Waals surface area (Å²) in [6, 6.07) is 7.81. The summed E-state index contributed by atoms with van der Waals surface area (Å²) in [5.74, 6) is 0.490. The van der Waals surface area contributed by atoms with Crippen LogP contribution < -0.4 is 0 Å². The molecule has 2 heterocycles. The van der Waals surface area contributed by atoms with Gasteiger partial charge in [-0.25, -0.2) is 0 Å². The summed E-state index contributed by atoms with van der Waals surface area (Å²) >= 11 is 0. The van der Waals surface area contributed by atoms with Crippen LogP contribution in [0.1, 0.15) is 0 Å². The van der Waals surface area contributed by atoms with Crippen molar-refractivity contribution in [2.75, 3.05) is 0 Å². The average molecular weight is 185 g/mol. The van der Waals surface area contributed by atoms with Crippen molar-refractivity contribution in [3.8, 4) is 11.4 Å². The molecule has 2 aliphatic heterocycles. The largest absolute Gasteiger partial charge is 0.427 e. The molecule has 0 aromatic heterocycles. The van der Waals surface area contributed by atoms with Crippen LogP contribution in [0.3, 0.4) is 0 Å². The Morgan fingerprint density at radius 2 is 2.07 bits per heavy atom. The Hall–Kier alpha value is -2.10. The molecule has 14 heavy (non-hydrogen) atoms. The molecule has 0 unspecified atom stereocenters. The molecule has 0 saturated heterocycles. The molecule has 3 rings (SSSR count). The van der Waals surface area contributed by atoms with Crippen LogP contribution in [-0.4, -0.2) is 20.1 Å². The third-order valence-electron chi connectivity index (χ3n) is 2.31. The first-order valence-corrected chi connectivity index (χ1v) is 4.27. The van der Waals surface area contributed by atoms with Gasteiger partial charge in [-0.1, -0.05) is 24.3 Å². The normalized spacial score (nSPS) is 11.1. The predicted octanol–water partition coefficient (Wildman–Crippen LogP) is 1.77. The molecule has 0 atom stereocenters. The molecule has 0 fully saturated rings. The predicted molar refractivity (Wildman–Crippen MR) is 51.3 cm³/mol. The van der Waals surface area contributed by atoms with E-state index in [-0.39, 0.29) is 0 Å². The molecule has 0 aliphatic carbocycles. The van der Waals surface area contributed by atoms with E-state index in [0.717, 1.165) is 21.1 Å². The molecule has 0 amide bonds. The van der Waals surface area contributed by atoms with Crippen molar-refractivity contribution in [3.05, 3.63) is 36.7 Å². The molecule has 0 bridgehead atoms. The van der Waals surface area contributed by atoms with Gasteiger partial charge in [0.2, 0.25) is 0 Å².